The lowest BCUT2D eigenvalue weighted by Crippen LogP contribution is -2.52. The van der Waals surface area contributed by atoms with Gasteiger partial charge in [0.2, 0.25) is 12.3 Å². The molecule has 0 saturated heterocycles. The van der Waals surface area contributed by atoms with Gasteiger partial charge in [0.15, 0.2) is 17.0 Å². The van der Waals surface area contributed by atoms with Gasteiger partial charge in [-0.15, -0.1) is 4.58 Å². The van der Waals surface area contributed by atoms with E-state index in [2.05, 4.69) is 15.6 Å². The Kier molecular flexibility index (Phi) is 6.67. The van der Waals surface area contributed by atoms with Crippen LogP contribution in [0.3, 0.4) is 0 Å². The number of hydrogen-bond acceptors (Lipinski definition) is 8. The third-order valence-electron chi connectivity index (χ3n) is 6.60. The molecular formula is C26H26FN4O7+. The highest BCUT2D eigenvalue weighted by Crippen LogP contribution is 2.34. The Morgan fingerprint density at radius 3 is 2.66 bits per heavy atom. The highest BCUT2D eigenvalue weighted by atomic mass is 19.1. The van der Waals surface area contributed by atoms with Gasteiger partial charge in [-0.1, -0.05) is 12.1 Å². The van der Waals surface area contributed by atoms with Gasteiger partial charge in [0.25, 0.3) is 23.3 Å². The Morgan fingerprint density at radius 1 is 1.24 bits per heavy atom. The summed E-state index contributed by atoms with van der Waals surface area (Å²) in [5, 5.41) is 26.1. The maximum Gasteiger partial charge on any atom is 0.434 e. The van der Waals surface area contributed by atoms with Gasteiger partial charge < -0.3 is 30.3 Å². The SMILES string of the molecule is COCCNC(=O)C1=C(O)C2=NC=C(Cc3ccc(F)cc3)C3OC(C(=O)NCC4(O)CC4)=C[N+](=C23)C1=O. The molecule has 0 bridgehead atoms. The molecule has 4 aliphatic rings. The lowest BCUT2D eigenvalue weighted by Gasteiger charge is -2.29. The first-order valence-electron chi connectivity index (χ1n) is 12.0. The molecule has 3 heterocycles. The van der Waals surface area contributed by atoms with Crippen LogP contribution in [0.25, 0.3) is 0 Å². The number of hydrogen-bond donors (Lipinski definition) is 4. The van der Waals surface area contributed by atoms with Gasteiger partial charge in [0.1, 0.15) is 5.82 Å². The van der Waals surface area contributed by atoms with Crippen molar-refractivity contribution in [1.29, 1.82) is 0 Å². The molecule has 5 rings (SSSR count). The molecule has 3 amide bonds. The standard InChI is InChI=1S/C26H25FN4O7/c1-37-9-8-28-24(34)18-21(32)19-20-22(15(11-29-19)10-14-2-4-16(27)5-3-14)38-17(12-31(20)25(18)35)23(33)30-13-26(36)6-7-26/h2-5,11-12,22,36H,6-10,13H2,1H3,(H2-,28,30,32,33,34,35)/p+1. The summed E-state index contributed by atoms with van der Waals surface area (Å²) in [5.41, 5.74) is -0.126. The summed E-state index contributed by atoms with van der Waals surface area (Å²) in [5.74, 6) is -3.58. The number of aliphatic imine (C=N–C) groups is 1. The molecule has 1 aromatic rings. The molecule has 1 atom stereocenters. The van der Waals surface area contributed by atoms with E-state index in [4.69, 9.17) is 9.47 Å². The second-order valence-corrected chi connectivity index (χ2v) is 9.42. The summed E-state index contributed by atoms with van der Waals surface area (Å²) in [6.45, 7) is 0.306. The normalized spacial score (nSPS) is 21.1. The Bertz CT molecular complexity index is 1370. The van der Waals surface area contributed by atoms with Crippen molar-refractivity contribution >= 4 is 29.1 Å². The number of methoxy groups -OCH3 is 1. The van der Waals surface area contributed by atoms with Gasteiger partial charge in [-0.05, 0) is 37.0 Å². The number of halogens is 1. The van der Waals surface area contributed by atoms with Crippen LogP contribution in [-0.2, 0) is 30.3 Å². The fourth-order valence-corrected chi connectivity index (χ4v) is 4.29. The molecule has 3 aliphatic heterocycles. The number of nitrogens with one attached hydrogen (secondary N) is 2. The number of allylic oxidation sites excluding steroid dienone is 1. The topological polar surface area (TPSA) is 150 Å². The lowest BCUT2D eigenvalue weighted by atomic mass is 9.89. The third-order valence-corrected chi connectivity index (χ3v) is 6.60. The highest BCUT2D eigenvalue weighted by Gasteiger charge is 2.52. The first-order valence-corrected chi connectivity index (χ1v) is 12.0. The summed E-state index contributed by atoms with van der Waals surface area (Å²) >= 11 is 0. The molecule has 4 N–H and O–H groups in total. The molecule has 11 nitrogen and oxygen atoms in total. The zero-order valence-corrected chi connectivity index (χ0v) is 20.5. The minimum Gasteiger partial charge on any atom is -0.504 e. The second kappa shape index (κ2) is 9.95. The number of rotatable bonds is 9. The van der Waals surface area contributed by atoms with Crippen LogP contribution in [0.2, 0.25) is 0 Å². The first kappa shape index (κ1) is 25.5. The highest BCUT2D eigenvalue weighted by molar-refractivity contribution is 6.52. The Balaban J connectivity index is 1.52. The maximum absolute atomic E-state index is 13.5. The molecule has 1 fully saturated rings. The zero-order chi connectivity index (χ0) is 27.0. The van der Waals surface area contributed by atoms with Crippen molar-refractivity contribution in [3.05, 3.63) is 70.7 Å². The molecule has 0 radical (unpaired) electrons. The van der Waals surface area contributed by atoms with Gasteiger partial charge in [0, 0.05) is 32.0 Å². The average molecular weight is 526 g/mol. The molecule has 198 valence electrons. The van der Waals surface area contributed by atoms with E-state index >= 15 is 0 Å². The smallest absolute Gasteiger partial charge is 0.434 e. The number of aliphatic hydroxyl groups excluding tert-OH is 1. The van der Waals surface area contributed by atoms with Crippen LogP contribution in [0.1, 0.15) is 18.4 Å². The number of amides is 3. The van der Waals surface area contributed by atoms with Crippen molar-refractivity contribution < 1.29 is 43.0 Å². The molecule has 0 spiro atoms. The van der Waals surface area contributed by atoms with Gasteiger partial charge >= 0.3 is 5.91 Å². The average Bonchev–Trinajstić information content (AvgIpc) is 3.65. The van der Waals surface area contributed by atoms with Crippen LogP contribution in [0.5, 0.6) is 0 Å². The third kappa shape index (κ3) is 4.87. The minimum absolute atomic E-state index is 0.0144. The van der Waals surface area contributed by atoms with E-state index in [9.17, 15) is 29.0 Å². The molecule has 0 aromatic heterocycles. The van der Waals surface area contributed by atoms with Crippen molar-refractivity contribution in [2.75, 3.05) is 26.8 Å². The summed E-state index contributed by atoms with van der Waals surface area (Å²) in [4.78, 5) is 43.6. The Labute approximate surface area is 216 Å². The molecule has 1 unspecified atom stereocenters. The number of aliphatic hydroxyl groups is 2. The van der Waals surface area contributed by atoms with E-state index in [-0.39, 0.29) is 43.3 Å². The lowest BCUT2D eigenvalue weighted by molar-refractivity contribution is -0.385. The number of nitrogens with zero attached hydrogens (tertiary/aromatic N) is 2. The second-order valence-electron chi connectivity index (χ2n) is 9.42. The van der Waals surface area contributed by atoms with E-state index in [0.717, 1.165) is 16.3 Å². The maximum atomic E-state index is 13.5. The summed E-state index contributed by atoms with van der Waals surface area (Å²) in [7, 11) is 1.45. The minimum atomic E-state index is -1.01. The molecule has 1 aromatic carbocycles. The molecule has 1 aliphatic carbocycles. The van der Waals surface area contributed by atoms with Crippen LogP contribution in [0, 0.1) is 5.82 Å². The van der Waals surface area contributed by atoms with E-state index in [1.54, 1.807) is 12.1 Å². The Hall–Kier alpha value is -4.16. The fraction of sp³-hybridized carbons (Fsp3) is 0.346. The zero-order valence-electron chi connectivity index (χ0n) is 20.5. The van der Waals surface area contributed by atoms with Crippen LogP contribution in [-0.4, -0.2) is 82.4 Å². The molecule has 38 heavy (non-hydrogen) atoms. The Morgan fingerprint density at radius 2 is 1.97 bits per heavy atom. The van der Waals surface area contributed by atoms with Gasteiger partial charge in [-0.25, -0.2) is 14.2 Å². The van der Waals surface area contributed by atoms with Gasteiger partial charge in [-0.3, -0.25) is 9.59 Å². The van der Waals surface area contributed by atoms with E-state index in [0.29, 0.717) is 18.4 Å². The molecule has 12 heteroatoms. The van der Waals surface area contributed by atoms with Crippen molar-refractivity contribution in [1.82, 2.24) is 10.6 Å². The summed E-state index contributed by atoms with van der Waals surface area (Å²) in [6, 6.07) is 5.80. The summed E-state index contributed by atoms with van der Waals surface area (Å²) in [6.07, 6.45) is 2.95. The monoisotopic (exact) mass is 525 g/mol. The quantitative estimate of drug-likeness (QED) is 0.204. The first-order chi connectivity index (χ1) is 18.2. The van der Waals surface area contributed by atoms with E-state index in [1.165, 1.54) is 25.4 Å². The fourth-order valence-electron chi connectivity index (χ4n) is 4.29. The van der Waals surface area contributed by atoms with Gasteiger partial charge in [-0.2, -0.15) is 0 Å². The van der Waals surface area contributed by atoms with Crippen LogP contribution in [0.4, 0.5) is 4.39 Å². The number of ether oxygens (including phenoxy) is 2. The molecule has 1 saturated carbocycles. The van der Waals surface area contributed by atoms with Crippen LogP contribution < -0.4 is 10.6 Å². The van der Waals surface area contributed by atoms with Crippen molar-refractivity contribution in [2.45, 2.75) is 31.0 Å². The van der Waals surface area contributed by atoms with Gasteiger partial charge in [0.05, 0.1) is 12.2 Å². The van der Waals surface area contributed by atoms with Crippen molar-refractivity contribution in [2.24, 2.45) is 4.99 Å². The molecular weight excluding hydrogens is 499 g/mol. The van der Waals surface area contributed by atoms with Crippen molar-refractivity contribution in [3.8, 4) is 0 Å². The number of carbonyl (C=O) groups is 3. The van der Waals surface area contributed by atoms with Crippen LogP contribution >= 0.6 is 0 Å². The number of benzene rings is 1. The predicted octanol–water partition coefficient (Wildman–Crippen LogP) is 0.156. The van der Waals surface area contributed by atoms with E-state index in [1.807, 2.05) is 0 Å². The summed E-state index contributed by atoms with van der Waals surface area (Å²) < 4.78 is 25.4. The van der Waals surface area contributed by atoms with Crippen LogP contribution in [0.15, 0.2) is 64.3 Å². The predicted molar refractivity (Wildman–Crippen MR) is 131 cm³/mol. The van der Waals surface area contributed by atoms with E-state index < -0.39 is 46.6 Å². The number of carbonyl (C=O) groups excluding carboxylic acids is 3. The largest absolute Gasteiger partial charge is 0.504 e. The van der Waals surface area contributed by atoms with Crippen molar-refractivity contribution in [3.63, 3.8) is 0 Å².